The SMILES string of the molecule is CN(C)CCCCNC(=O)C(=O)NCCN. The number of nitrogens with two attached hydrogens (primary N) is 1. The van der Waals surface area contributed by atoms with Gasteiger partial charge < -0.3 is 21.3 Å². The molecule has 0 atom stereocenters. The van der Waals surface area contributed by atoms with Crippen LogP contribution in [0, 0.1) is 0 Å². The Hall–Kier alpha value is -1.14. The summed E-state index contributed by atoms with van der Waals surface area (Å²) in [5.74, 6) is -1.20. The van der Waals surface area contributed by atoms with Gasteiger partial charge in [-0.2, -0.15) is 0 Å². The maximum absolute atomic E-state index is 11.2. The van der Waals surface area contributed by atoms with E-state index in [1.54, 1.807) is 0 Å². The molecule has 0 aliphatic carbocycles. The average Bonchev–Trinajstić information content (AvgIpc) is 2.24. The molecule has 0 aromatic carbocycles. The van der Waals surface area contributed by atoms with Crippen molar-refractivity contribution in [3.8, 4) is 0 Å². The third-order valence-corrected chi connectivity index (χ3v) is 1.95. The molecule has 0 heterocycles. The van der Waals surface area contributed by atoms with Crippen molar-refractivity contribution in [3.63, 3.8) is 0 Å². The zero-order valence-electron chi connectivity index (χ0n) is 10.1. The maximum atomic E-state index is 11.2. The molecule has 0 bridgehead atoms. The van der Waals surface area contributed by atoms with Gasteiger partial charge in [0.1, 0.15) is 0 Å². The van der Waals surface area contributed by atoms with Crippen LogP contribution < -0.4 is 16.4 Å². The van der Waals surface area contributed by atoms with Gasteiger partial charge in [-0.05, 0) is 33.5 Å². The van der Waals surface area contributed by atoms with E-state index in [1.807, 2.05) is 14.1 Å². The number of carbonyl (C=O) groups excluding carboxylic acids is 2. The first-order valence-corrected chi connectivity index (χ1v) is 5.48. The Morgan fingerprint density at radius 3 is 2.12 bits per heavy atom. The standard InChI is InChI=1S/C10H22N4O2/c1-14(2)8-4-3-6-12-9(15)10(16)13-7-5-11/h3-8,11H2,1-2H3,(H,12,15)(H,13,16). The molecule has 16 heavy (non-hydrogen) atoms. The van der Waals surface area contributed by atoms with Gasteiger partial charge in [-0.1, -0.05) is 0 Å². The smallest absolute Gasteiger partial charge is 0.309 e. The minimum atomic E-state index is -0.613. The van der Waals surface area contributed by atoms with E-state index in [0.717, 1.165) is 19.4 Å². The molecule has 0 aromatic rings. The second-order valence-electron chi connectivity index (χ2n) is 3.81. The summed E-state index contributed by atoms with van der Waals surface area (Å²) in [5.41, 5.74) is 5.19. The van der Waals surface area contributed by atoms with Crippen LogP contribution in [0.5, 0.6) is 0 Å². The van der Waals surface area contributed by atoms with Crippen LogP contribution in [-0.2, 0) is 9.59 Å². The van der Waals surface area contributed by atoms with E-state index in [2.05, 4.69) is 15.5 Å². The third kappa shape index (κ3) is 8.19. The van der Waals surface area contributed by atoms with Gasteiger partial charge in [0, 0.05) is 19.6 Å². The van der Waals surface area contributed by atoms with E-state index in [1.165, 1.54) is 0 Å². The van der Waals surface area contributed by atoms with Crippen molar-refractivity contribution in [1.82, 2.24) is 15.5 Å². The molecule has 0 saturated carbocycles. The molecule has 4 N–H and O–H groups in total. The van der Waals surface area contributed by atoms with E-state index >= 15 is 0 Å². The molecular weight excluding hydrogens is 208 g/mol. The van der Waals surface area contributed by atoms with Gasteiger partial charge in [0.05, 0.1) is 0 Å². The minimum Gasteiger partial charge on any atom is -0.348 e. The Labute approximate surface area is 96.5 Å². The highest BCUT2D eigenvalue weighted by Crippen LogP contribution is 1.88. The number of rotatable bonds is 7. The molecule has 2 amide bonds. The normalized spacial score (nSPS) is 10.2. The fourth-order valence-electron chi connectivity index (χ4n) is 1.10. The number of nitrogens with zero attached hydrogens (tertiary/aromatic N) is 1. The Morgan fingerprint density at radius 1 is 1.06 bits per heavy atom. The summed E-state index contributed by atoms with van der Waals surface area (Å²) < 4.78 is 0. The van der Waals surface area contributed by atoms with Crippen LogP contribution in [0.3, 0.4) is 0 Å². The van der Waals surface area contributed by atoms with Crippen molar-refractivity contribution in [3.05, 3.63) is 0 Å². The molecule has 0 aliphatic rings. The summed E-state index contributed by atoms with van der Waals surface area (Å²) in [7, 11) is 4.00. The highest BCUT2D eigenvalue weighted by Gasteiger charge is 2.10. The van der Waals surface area contributed by atoms with Crippen LogP contribution in [0.1, 0.15) is 12.8 Å². The van der Waals surface area contributed by atoms with Crippen molar-refractivity contribution in [2.24, 2.45) is 5.73 Å². The van der Waals surface area contributed by atoms with Gasteiger partial charge in [-0.25, -0.2) is 0 Å². The summed E-state index contributed by atoms with van der Waals surface area (Å²) in [6.07, 6.45) is 1.87. The van der Waals surface area contributed by atoms with Crippen molar-refractivity contribution in [2.75, 3.05) is 40.3 Å². The summed E-state index contributed by atoms with van der Waals surface area (Å²) in [5, 5.41) is 4.96. The largest absolute Gasteiger partial charge is 0.348 e. The second kappa shape index (κ2) is 9.11. The first kappa shape index (κ1) is 14.9. The fourth-order valence-corrected chi connectivity index (χ4v) is 1.10. The van der Waals surface area contributed by atoms with Crippen LogP contribution in [0.15, 0.2) is 0 Å². The first-order chi connectivity index (χ1) is 7.57. The van der Waals surface area contributed by atoms with E-state index in [-0.39, 0.29) is 0 Å². The molecule has 0 radical (unpaired) electrons. The van der Waals surface area contributed by atoms with Gasteiger partial charge in [-0.15, -0.1) is 0 Å². The van der Waals surface area contributed by atoms with Crippen molar-refractivity contribution in [1.29, 1.82) is 0 Å². The maximum Gasteiger partial charge on any atom is 0.309 e. The van der Waals surface area contributed by atoms with E-state index in [9.17, 15) is 9.59 Å². The molecule has 0 rings (SSSR count). The summed E-state index contributed by atoms with van der Waals surface area (Å²) in [6, 6.07) is 0. The Bertz CT molecular complexity index is 219. The number of hydrogen-bond acceptors (Lipinski definition) is 4. The molecular formula is C10H22N4O2. The van der Waals surface area contributed by atoms with Crippen molar-refractivity contribution >= 4 is 11.8 Å². The molecule has 94 valence electrons. The Balaban J connectivity index is 3.46. The van der Waals surface area contributed by atoms with E-state index in [0.29, 0.717) is 19.6 Å². The highest BCUT2D eigenvalue weighted by molar-refractivity contribution is 6.35. The van der Waals surface area contributed by atoms with Crippen molar-refractivity contribution in [2.45, 2.75) is 12.8 Å². The van der Waals surface area contributed by atoms with Gasteiger partial charge in [0.15, 0.2) is 0 Å². The minimum absolute atomic E-state index is 0.326. The zero-order chi connectivity index (χ0) is 12.4. The Morgan fingerprint density at radius 2 is 1.62 bits per heavy atom. The predicted molar refractivity (Wildman–Crippen MR) is 62.9 cm³/mol. The molecule has 6 nitrogen and oxygen atoms in total. The van der Waals surface area contributed by atoms with Gasteiger partial charge in [0.2, 0.25) is 0 Å². The van der Waals surface area contributed by atoms with Gasteiger partial charge in [-0.3, -0.25) is 9.59 Å². The van der Waals surface area contributed by atoms with Crippen LogP contribution in [-0.4, -0.2) is 57.0 Å². The molecule has 0 unspecified atom stereocenters. The second-order valence-corrected chi connectivity index (χ2v) is 3.81. The number of nitrogens with one attached hydrogen (secondary N) is 2. The molecule has 0 saturated heterocycles. The van der Waals surface area contributed by atoms with E-state index < -0.39 is 11.8 Å². The lowest BCUT2D eigenvalue weighted by molar-refractivity contribution is -0.139. The quantitative estimate of drug-likeness (QED) is 0.368. The monoisotopic (exact) mass is 230 g/mol. The van der Waals surface area contributed by atoms with Crippen molar-refractivity contribution < 1.29 is 9.59 Å². The van der Waals surface area contributed by atoms with Crippen LogP contribution in [0.2, 0.25) is 0 Å². The Kier molecular flexibility index (Phi) is 8.46. The number of hydrogen-bond donors (Lipinski definition) is 3. The summed E-state index contributed by atoms with van der Waals surface area (Å²) >= 11 is 0. The molecule has 0 aliphatic heterocycles. The lowest BCUT2D eigenvalue weighted by Gasteiger charge is -2.09. The van der Waals surface area contributed by atoms with Crippen LogP contribution in [0.4, 0.5) is 0 Å². The molecule has 0 spiro atoms. The number of unbranched alkanes of at least 4 members (excludes halogenated alkanes) is 1. The number of carbonyl (C=O) groups is 2. The lowest BCUT2D eigenvalue weighted by Crippen LogP contribution is -2.42. The molecule has 6 heteroatoms. The molecule has 0 aromatic heterocycles. The lowest BCUT2D eigenvalue weighted by atomic mass is 10.3. The van der Waals surface area contributed by atoms with Crippen LogP contribution >= 0.6 is 0 Å². The third-order valence-electron chi connectivity index (χ3n) is 1.95. The number of amides is 2. The summed E-state index contributed by atoms with van der Waals surface area (Å²) in [4.78, 5) is 24.3. The summed E-state index contributed by atoms with van der Waals surface area (Å²) in [6.45, 7) is 2.17. The van der Waals surface area contributed by atoms with E-state index in [4.69, 9.17) is 5.73 Å². The topological polar surface area (TPSA) is 87.5 Å². The van der Waals surface area contributed by atoms with Gasteiger partial charge >= 0.3 is 11.8 Å². The molecule has 0 fully saturated rings. The zero-order valence-corrected chi connectivity index (χ0v) is 10.1. The fraction of sp³-hybridized carbons (Fsp3) is 0.800. The first-order valence-electron chi connectivity index (χ1n) is 5.48. The van der Waals surface area contributed by atoms with Crippen LogP contribution in [0.25, 0.3) is 0 Å². The average molecular weight is 230 g/mol. The highest BCUT2D eigenvalue weighted by atomic mass is 16.2. The predicted octanol–water partition coefficient (Wildman–Crippen LogP) is -1.48. The van der Waals surface area contributed by atoms with Gasteiger partial charge in [0.25, 0.3) is 0 Å².